The topological polar surface area (TPSA) is 46.1 Å². The molecule has 0 unspecified atom stereocenters. The molecule has 0 bridgehead atoms. The van der Waals surface area contributed by atoms with E-state index in [-0.39, 0.29) is 17.6 Å². The van der Waals surface area contributed by atoms with Gasteiger partial charge in [0.15, 0.2) is 5.13 Å². The van der Waals surface area contributed by atoms with Crippen molar-refractivity contribution < 1.29 is 9.18 Å². The Bertz CT molecular complexity index is 876. The minimum Gasteiger partial charge on any atom is -0.283 e. The van der Waals surface area contributed by atoms with E-state index in [4.69, 9.17) is 0 Å². The Morgan fingerprint density at radius 3 is 2.92 bits per heavy atom. The Labute approximate surface area is 143 Å². The van der Waals surface area contributed by atoms with E-state index in [0.717, 1.165) is 29.5 Å². The fraction of sp³-hybridized carbons (Fsp3) is 0.278. The molecule has 1 aliphatic carbocycles. The van der Waals surface area contributed by atoms with Gasteiger partial charge in [-0.3, -0.25) is 14.7 Å². The van der Waals surface area contributed by atoms with Gasteiger partial charge in [-0.25, -0.2) is 9.37 Å². The summed E-state index contributed by atoms with van der Waals surface area (Å²) in [4.78, 5) is 23.3. The molecule has 24 heavy (non-hydrogen) atoms. The van der Waals surface area contributed by atoms with Crippen LogP contribution in [0.1, 0.15) is 24.8 Å². The van der Waals surface area contributed by atoms with Crippen LogP contribution in [0, 0.1) is 11.7 Å². The van der Waals surface area contributed by atoms with Gasteiger partial charge in [-0.2, -0.15) is 0 Å². The molecule has 1 aliphatic rings. The number of carbonyl (C=O) groups excluding carboxylic acids is 1. The van der Waals surface area contributed by atoms with Crippen LogP contribution in [0.25, 0.3) is 10.2 Å². The first-order valence-corrected chi connectivity index (χ1v) is 8.79. The van der Waals surface area contributed by atoms with Gasteiger partial charge in [-0.1, -0.05) is 23.8 Å². The molecule has 1 aromatic carbocycles. The van der Waals surface area contributed by atoms with Crippen molar-refractivity contribution in [3.63, 3.8) is 0 Å². The lowest BCUT2D eigenvalue weighted by molar-refractivity contribution is -0.124. The summed E-state index contributed by atoms with van der Waals surface area (Å²) in [7, 11) is 0. The average molecular weight is 341 g/mol. The van der Waals surface area contributed by atoms with E-state index in [9.17, 15) is 9.18 Å². The van der Waals surface area contributed by atoms with Gasteiger partial charge in [0.05, 0.1) is 16.8 Å². The van der Waals surface area contributed by atoms with Crippen molar-refractivity contribution in [3.8, 4) is 0 Å². The number of anilines is 1. The van der Waals surface area contributed by atoms with Gasteiger partial charge in [0.25, 0.3) is 0 Å². The number of pyridine rings is 1. The number of hydrogen-bond acceptors (Lipinski definition) is 4. The Morgan fingerprint density at radius 2 is 2.21 bits per heavy atom. The summed E-state index contributed by atoms with van der Waals surface area (Å²) in [6.45, 7) is 0.436. The molecule has 122 valence electrons. The van der Waals surface area contributed by atoms with E-state index in [1.165, 1.54) is 23.5 Å². The van der Waals surface area contributed by atoms with Gasteiger partial charge in [-0.15, -0.1) is 0 Å². The van der Waals surface area contributed by atoms with Crippen LogP contribution in [-0.4, -0.2) is 15.9 Å². The van der Waals surface area contributed by atoms with Gasteiger partial charge in [0.1, 0.15) is 5.82 Å². The maximum Gasteiger partial charge on any atom is 0.232 e. The van der Waals surface area contributed by atoms with Crippen LogP contribution in [0.15, 0.2) is 42.7 Å². The SMILES string of the molecule is O=C(C1CCC1)N(Cc1cccnc1)c1nc2ccc(F)cc2s1. The predicted octanol–water partition coefficient (Wildman–Crippen LogP) is 4.16. The van der Waals surface area contributed by atoms with E-state index in [1.54, 1.807) is 23.4 Å². The number of amides is 1. The summed E-state index contributed by atoms with van der Waals surface area (Å²) in [5, 5.41) is 0.622. The van der Waals surface area contributed by atoms with E-state index in [0.29, 0.717) is 17.2 Å². The smallest absolute Gasteiger partial charge is 0.232 e. The lowest BCUT2D eigenvalue weighted by atomic mass is 9.84. The van der Waals surface area contributed by atoms with Crippen LogP contribution in [0.4, 0.5) is 9.52 Å². The van der Waals surface area contributed by atoms with E-state index in [1.807, 2.05) is 12.1 Å². The monoisotopic (exact) mass is 341 g/mol. The lowest BCUT2D eigenvalue weighted by Crippen LogP contribution is -2.38. The highest BCUT2D eigenvalue weighted by Crippen LogP contribution is 2.34. The number of benzene rings is 1. The summed E-state index contributed by atoms with van der Waals surface area (Å²) < 4.78 is 14.2. The maximum atomic E-state index is 13.4. The van der Waals surface area contributed by atoms with E-state index in [2.05, 4.69) is 9.97 Å². The second kappa shape index (κ2) is 6.28. The van der Waals surface area contributed by atoms with Crippen molar-refractivity contribution in [2.24, 2.45) is 5.92 Å². The molecule has 6 heteroatoms. The molecule has 1 saturated carbocycles. The van der Waals surface area contributed by atoms with Crippen molar-refractivity contribution in [1.29, 1.82) is 0 Å². The van der Waals surface area contributed by atoms with Crippen LogP contribution in [-0.2, 0) is 11.3 Å². The number of nitrogens with zero attached hydrogens (tertiary/aromatic N) is 3. The molecule has 1 amide bonds. The zero-order valence-corrected chi connectivity index (χ0v) is 13.8. The third-order valence-electron chi connectivity index (χ3n) is 4.35. The molecule has 0 radical (unpaired) electrons. The zero-order valence-electron chi connectivity index (χ0n) is 13.0. The highest BCUT2D eigenvalue weighted by Gasteiger charge is 2.31. The molecular weight excluding hydrogens is 325 g/mol. The number of thiazole rings is 1. The first-order valence-electron chi connectivity index (χ1n) is 7.97. The van der Waals surface area contributed by atoms with Crippen molar-refractivity contribution in [2.75, 3.05) is 4.90 Å². The standard InChI is InChI=1S/C18H16FN3OS/c19-14-6-7-15-16(9-14)24-18(21-15)22(17(23)13-4-1-5-13)11-12-3-2-8-20-10-12/h2-3,6-10,13H,1,4-5,11H2. The molecule has 2 heterocycles. The molecular formula is C18H16FN3OS. The molecule has 4 nitrogen and oxygen atoms in total. The summed E-state index contributed by atoms with van der Waals surface area (Å²) in [6.07, 6.45) is 6.43. The van der Waals surface area contributed by atoms with Crippen LogP contribution >= 0.6 is 11.3 Å². The predicted molar refractivity (Wildman–Crippen MR) is 92.3 cm³/mol. The van der Waals surface area contributed by atoms with Gasteiger partial charge in [-0.05, 0) is 42.7 Å². The fourth-order valence-corrected chi connectivity index (χ4v) is 3.79. The largest absolute Gasteiger partial charge is 0.283 e. The van der Waals surface area contributed by atoms with Crippen molar-refractivity contribution >= 4 is 32.6 Å². The van der Waals surface area contributed by atoms with Crippen LogP contribution in [0.5, 0.6) is 0 Å². The molecule has 3 aromatic rings. The highest BCUT2D eigenvalue weighted by atomic mass is 32.1. The minimum absolute atomic E-state index is 0.0745. The normalized spacial score (nSPS) is 14.5. The number of carbonyl (C=O) groups is 1. The molecule has 0 aliphatic heterocycles. The van der Waals surface area contributed by atoms with E-state index < -0.39 is 0 Å². The van der Waals surface area contributed by atoms with Gasteiger partial charge in [0.2, 0.25) is 5.91 Å². The molecule has 0 saturated heterocycles. The number of halogens is 1. The summed E-state index contributed by atoms with van der Waals surface area (Å²) in [6, 6.07) is 8.31. The average Bonchev–Trinajstić information content (AvgIpc) is 2.94. The number of fused-ring (bicyclic) bond motifs is 1. The molecule has 4 rings (SSSR count). The van der Waals surface area contributed by atoms with E-state index >= 15 is 0 Å². The quantitative estimate of drug-likeness (QED) is 0.716. The van der Waals surface area contributed by atoms with Gasteiger partial charge in [0, 0.05) is 18.3 Å². The third-order valence-corrected chi connectivity index (χ3v) is 5.40. The van der Waals surface area contributed by atoms with Crippen LogP contribution < -0.4 is 4.90 Å². The molecule has 0 N–H and O–H groups in total. The van der Waals surface area contributed by atoms with Crippen LogP contribution in [0.2, 0.25) is 0 Å². The van der Waals surface area contributed by atoms with Crippen LogP contribution in [0.3, 0.4) is 0 Å². The van der Waals surface area contributed by atoms with Crippen molar-refractivity contribution in [2.45, 2.75) is 25.8 Å². The first-order chi connectivity index (χ1) is 11.7. The van der Waals surface area contributed by atoms with Crippen molar-refractivity contribution in [3.05, 3.63) is 54.1 Å². The second-order valence-corrected chi connectivity index (χ2v) is 7.03. The molecule has 0 atom stereocenters. The van der Waals surface area contributed by atoms with Gasteiger partial charge < -0.3 is 0 Å². The fourth-order valence-electron chi connectivity index (χ4n) is 2.79. The summed E-state index contributed by atoms with van der Waals surface area (Å²) in [5.41, 5.74) is 1.67. The Kier molecular flexibility index (Phi) is 3.98. The third kappa shape index (κ3) is 2.89. The van der Waals surface area contributed by atoms with Gasteiger partial charge >= 0.3 is 0 Å². The summed E-state index contributed by atoms with van der Waals surface area (Å²) >= 11 is 1.35. The number of hydrogen-bond donors (Lipinski definition) is 0. The number of rotatable bonds is 4. The highest BCUT2D eigenvalue weighted by molar-refractivity contribution is 7.22. The van der Waals surface area contributed by atoms with Crippen molar-refractivity contribution in [1.82, 2.24) is 9.97 Å². The molecule has 1 fully saturated rings. The lowest BCUT2D eigenvalue weighted by Gasteiger charge is -2.30. The minimum atomic E-state index is -0.290. The Hall–Kier alpha value is -2.34. The second-order valence-electron chi connectivity index (χ2n) is 6.02. The molecule has 0 spiro atoms. The number of aromatic nitrogens is 2. The zero-order chi connectivity index (χ0) is 16.5. The Balaban J connectivity index is 1.71. The Morgan fingerprint density at radius 1 is 1.33 bits per heavy atom. The summed E-state index contributed by atoms with van der Waals surface area (Å²) in [5.74, 6) is -0.114. The maximum absolute atomic E-state index is 13.4. The molecule has 2 aromatic heterocycles. The first kappa shape index (κ1) is 15.2.